The van der Waals surface area contributed by atoms with E-state index in [1.807, 2.05) is 6.92 Å². The van der Waals surface area contributed by atoms with Crippen molar-refractivity contribution in [2.45, 2.75) is 39.4 Å². The standard InChI is InChI=1S/C9H16O4/c1-4-8(13-11)5-6-9(10)12-7(2)3/h5-8,11H,4H2,1-3H3/b6-5+/t8-/m0/s1. The normalized spacial score (nSPS) is 13.6. The predicted octanol–water partition coefficient (Wildman–Crippen LogP) is 1.76. The maximum atomic E-state index is 10.9. The quantitative estimate of drug-likeness (QED) is 0.309. The fraction of sp³-hybridized carbons (Fsp3) is 0.667. The van der Waals surface area contributed by atoms with Crippen LogP contribution in [0.5, 0.6) is 0 Å². The van der Waals surface area contributed by atoms with Crippen LogP contribution in [0.25, 0.3) is 0 Å². The highest BCUT2D eigenvalue weighted by Gasteiger charge is 2.03. The minimum absolute atomic E-state index is 0.132. The lowest BCUT2D eigenvalue weighted by Gasteiger charge is -2.06. The van der Waals surface area contributed by atoms with Gasteiger partial charge < -0.3 is 4.74 Å². The summed E-state index contributed by atoms with van der Waals surface area (Å²) in [7, 11) is 0. The molecule has 1 atom stereocenters. The molecule has 0 aromatic heterocycles. The summed E-state index contributed by atoms with van der Waals surface area (Å²) in [5, 5.41) is 8.32. The van der Waals surface area contributed by atoms with Gasteiger partial charge in [-0.15, -0.1) is 0 Å². The summed E-state index contributed by atoms with van der Waals surface area (Å²) in [6.45, 7) is 5.37. The van der Waals surface area contributed by atoms with Crippen molar-refractivity contribution in [2.75, 3.05) is 0 Å². The molecule has 0 unspecified atom stereocenters. The van der Waals surface area contributed by atoms with Gasteiger partial charge in [0.25, 0.3) is 0 Å². The van der Waals surface area contributed by atoms with Crippen molar-refractivity contribution >= 4 is 5.97 Å². The molecule has 76 valence electrons. The highest BCUT2D eigenvalue weighted by atomic mass is 17.1. The number of ether oxygens (including phenoxy) is 1. The molecule has 0 radical (unpaired) electrons. The summed E-state index contributed by atoms with van der Waals surface area (Å²) in [6, 6.07) is 0. The zero-order valence-electron chi connectivity index (χ0n) is 8.19. The van der Waals surface area contributed by atoms with E-state index in [-0.39, 0.29) is 6.10 Å². The van der Waals surface area contributed by atoms with Crippen molar-refractivity contribution in [3.63, 3.8) is 0 Å². The zero-order valence-corrected chi connectivity index (χ0v) is 8.19. The number of hydrogen-bond donors (Lipinski definition) is 1. The van der Waals surface area contributed by atoms with E-state index in [0.717, 1.165) is 0 Å². The van der Waals surface area contributed by atoms with Gasteiger partial charge in [-0.2, -0.15) is 0 Å². The highest BCUT2D eigenvalue weighted by Crippen LogP contribution is 1.98. The molecule has 0 saturated carbocycles. The lowest BCUT2D eigenvalue weighted by Crippen LogP contribution is -2.10. The summed E-state index contributed by atoms with van der Waals surface area (Å²) >= 11 is 0. The molecule has 0 saturated heterocycles. The maximum absolute atomic E-state index is 10.9. The summed E-state index contributed by atoms with van der Waals surface area (Å²) in [6.07, 6.45) is 2.74. The summed E-state index contributed by atoms with van der Waals surface area (Å²) in [5.74, 6) is -0.425. The Hall–Kier alpha value is -0.870. The number of carbonyl (C=O) groups excluding carboxylic acids is 1. The third-order valence-corrected chi connectivity index (χ3v) is 1.34. The van der Waals surface area contributed by atoms with Crippen molar-refractivity contribution < 1.29 is 19.7 Å². The van der Waals surface area contributed by atoms with Crippen LogP contribution in [0.1, 0.15) is 27.2 Å². The molecule has 4 heteroatoms. The third kappa shape index (κ3) is 6.31. The monoisotopic (exact) mass is 188 g/mol. The smallest absolute Gasteiger partial charge is 0.330 e. The Labute approximate surface area is 78.1 Å². The summed E-state index contributed by atoms with van der Waals surface area (Å²) < 4.78 is 4.83. The van der Waals surface area contributed by atoms with E-state index in [4.69, 9.17) is 9.99 Å². The lowest BCUT2D eigenvalue weighted by molar-refractivity contribution is -0.266. The Bertz CT molecular complexity index is 170. The number of esters is 1. The van der Waals surface area contributed by atoms with Crippen molar-refractivity contribution in [3.8, 4) is 0 Å². The highest BCUT2D eigenvalue weighted by molar-refractivity contribution is 5.82. The second kappa shape index (κ2) is 6.62. The van der Waals surface area contributed by atoms with E-state index < -0.39 is 12.1 Å². The number of rotatable bonds is 5. The van der Waals surface area contributed by atoms with Gasteiger partial charge in [0.15, 0.2) is 0 Å². The van der Waals surface area contributed by atoms with Crippen LogP contribution in [0, 0.1) is 0 Å². The topological polar surface area (TPSA) is 55.8 Å². The number of carbonyl (C=O) groups is 1. The van der Waals surface area contributed by atoms with Gasteiger partial charge in [-0.3, -0.25) is 5.26 Å². The molecule has 0 amide bonds. The fourth-order valence-corrected chi connectivity index (χ4v) is 0.703. The van der Waals surface area contributed by atoms with Crippen molar-refractivity contribution in [1.29, 1.82) is 0 Å². The molecule has 0 bridgehead atoms. The van der Waals surface area contributed by atoms with Gasteiger partial charge in [-0.25, -0.2) is 9.68 Å². The first-order chi connectivity index (χ1) is 6.10. The summed E-state index contributed by atoms with van der Waals surface area (Å²) in [4.78, 5) is 15.0. The van der Waals surface area contributed by atoms with Crippen LogP contribution in [0.15, 0.2) is 12.2 Å². The minimum atomic E-state index is -0.445. The van der Waals surface area contributed by atoms with Gasteiger partial charge in [0.1, 0.15) is 6.10 Å². The second-order valence-electron chi connectivity index (χ2n) is 2.90. The van der Waals surface area contributed by atoms with E-state index in [1.54, 1.807) is 13.8 Å². The van der Waals surface area contributed by atoms with Crippen LogP contribution in [0.2, 0.25) is 0 Å². The minimum Gasteiger partial charge on any atom is -0.460 e. The zero-order chi connectivity index (χ0) is 10.3. The van der Waals surface area contributed by atoms with Gasteiger partial charge in [0, 0.05) is 6.08 Å². The van der Waals surface area contributed by atoms with Crippen LogP contribution in [0.4, 0.5) is 0 Å². The van der Waals surface area contributed by atoms with E-state index >= 15 is 0 Å². The summed E-state index contributed by atoms with van der Waals surface area (Å²) in [5.41, 5.74) is 0. The van der Waals surface area contributed by atoms with E-state index in [1.165, 1.54) is 12.2 Å². The molecule has 0 aliphatic heterocycles. The Morgan fingerprint density at radius 1 is 1.54 bits per heavy atom. The maximum Gasteiger partial charge on any atom is 0.330 e. The van der Waals surface area contributed by atoms with E-state index in [2.05, 4.69) is 4.89 Å². The second-order valence-corrected chi connectivity index (χ2v) is 2.90. The lowest BCUT2D eigenvalue weighted by atomic mass is 10.2. The predicted molar refractivity (Wildman–Crippen MR) is 48.2 cm³/mol. The molecule has 0 heterocycles. The van der Waals surface area contributed by atoms with Crippen LogP contribution < -0.4 is 0 Å². The van der Waals surface area contributed by atoms with Gasteiger partial charge in [0.2, 0.25) is 0 Å². The average Bonchev–Trinajstić information content (AvgIpc) is 2.05. The van der Waals surface area contributed by atoms with Crippen LogP contribution >= 0.6 is 0 Å². The Balaban J connectivity index is 3.88. The van der Waals surface area contributed by atoms with Crippen molar-refractivity contribution in [3.05, 3.63) is 12.2 Å². The van der Waals surface area contributed by atoms with Gasteiger partial charge in [-0.05, 0) is 26.3 Å². The van der Waals surface area contributed by atoms with Crippen molar-refractivity contribution in [2.24, 2.45) is 0 Å². The average molecular weight is 188 g/mol. The van der Waals surface area contributed by atoms with Crippen LogP contribution in [0.3, 0.4) is 0 Å². The van der Waals surface area contributed by atoms with Crippen molar-refractivity contribution in [1.82, 2.24) is 0 Å². The number of hydrogen-bond acceptors (Lipinski definition) is 4. The Morgan fingerprint density at radius 2 is 2.15 bits per heavy atom. The first-order valence-corrected chi connectivity index (χ1v) is 4.29. The molecule has 0 rings (SSSR count). The molecule has 0 spiro atoms. The molecule has 0 aliphatic carbocycles. The first-order valence-electron chi connectivity index (χ1n) is 4.29. The molecular weight excluding hydrogens is 172 g/mol. The van der Waals surface area contributed by atoms with Crippen LogP contribution in [-0.2, 0) is 14.4 Å². The molecule has 0 aromatic rings. The fourth-order valence-electron chi connectivity index (χ4n) is 0.703. The Morgan fingerprint density at radius 3 is 2.54 bits per heavy atom. The molecule has 13 heavy (non-hydrogen) atoms. The largest absolute Gasteiger partial charge is 0.460 e. The van der Waals surface area contributed by atoms with Crippen LogP contribution in [-0.4, -0.2) is 23.4 Å². The van der Waals surface area contributed by atoms with Gasteiger partial charge in [-0.1, -0.05) is 6.92 Å². The molecule has 0 aromatic carbocycles. The third-order valence-electron chi connectivity index (χ3n) is 1.34. The van der Waals surface area contributed by atoms with Gasteiger partial charge >= 0.3 is 5.97 Å². The Kier molecular flexibility index (Phi) is 6.18. The van der Waals surface area contributed by atoms with E-state index in [0.29, 0.717) is 6.42 Å². The molecule has 0 fully saturated rings. The molecule has 4 nitrogen and oxygen atoms in total. The molecular formula is C9H16O4. The molecule has 1 N–H and O–H groups in total. The molecule has 0 aliphatic rings. The SMILES string of the molecule is CC[C@@H](/C=C/C(=O)OC(C)C)OO. The van der Waals surface area contributed by atoms with Gasteiger partial charge in [0.05, 0.1) is 6.10 Å². The van der Waals surface area contributed by atoms with E-state index in [9.17, 15) is 4.79 Å². The first kappa shape index (κ1) is 12.1.